The third-order valence-corrected chi connectivity index (χ3v) is 3.74. The van der Waals surface area contributed by atoms with E-state index in [4.69, 9.17) is 11.6 Å². The minimum Gasteiger partial charge on any atom is -0.433 e. The molecule has 0 bridgehead atoms. The molecule has 0 atom stereocenters. The first-order valence-corrected chi connectivity index (χ1v) is 9.04. The average molecular weight is 391 g/mol. The molecule has 0 saturated heterocycles. The summed E-state index contributed by atoms with van der Waals surface area (Å²) in [5.41, 5.74) is 0.685. The largest absolute Gasteiger partial charge is 0.433 e. The Balaban J connectivity index is 2.14. The topological polar surface area (TPSA) is 84.5 Å². The lowest BCUT2D eigenvalue weighted by Crippen LogP contribution is -2.14. The average Bonchev–Trinajstić information content (AvgIpc) is 2.48. The highest BCUT2D eigenvalue weighted by Crippen LogP contribution is 2.29. The molecule has 1 amide bonds. The predicted molar refractivity (Wildman–Crippen MR) is 90.9 cm³/mol. The second-order valence-electron chi connectivity index (χ2n) is 4.93. The Labute approximate surface area is 147 Å². The van der Waals surface area contributed by atoms with Gasteiger partial charge in [-0.3, -0.25) is 9.52 Å². The van der Waals surface area contributed by atoms with E-state index in [0.29, 0.717) is 0 Å². The van der Waals surface area contributed by atoms with Gasteiger partial charge in [-0.2, -0.15) is 8.78 Å². The lowest BCUT2D eigenvalue weighted by Gasteiger charge is -2.10. The van der Waals surface area contributed by atoms with Gasteiger partial charge in [0, 0.05) is 16.9 Å². The molecule has 0 heterocycles. The summed E-state index contributed by atoms with van der Waals surface area (Å²) in [6, 6.07) is 9.65. The molecule has 2 rings (SSSR count). The van der Waals surface area contributed by atoms with Crippen LogP contribution in [0.3, 0.4) is 0 Å². The maximum atomic E-state index is 12.2. The van der Waals surface area contributed by atoms with E-state index in [9.17, 15) is 22.0 Å². The number of carbonyl (C=O) groups is 1. The molecule has 0 aliphatic heterocycles. The van der Waals surface area contributed by atoms with Gasteiger partial charge in [0.2, 0.25) is 10.0 Å². The molecule has 0 radical (unpaired) electrons. The maximum Gasteiger partial charge on any atom is 0.387 e. The molecule has 134 valence electrons. The minimum atomic E-state index is -3.47. The van der Waals surface area contributed by atoms with Gasteiger partial charge in [-0.05, 0) is 36.4 Å². The molecule has 2 aromatic carbocycles. The smallest absolute Gasteiger partial charge is 0.387 e. The number of benzene rings is 2. The van der Waals surface area contributed by atoms with Crippen LogP contribution in [0.5, 0.6) is 5.75 Å². The number of anilines is 2. The maximum absolute atomic E-state index is 12.2. The Morgan fingerprint density at radius 2 is 1.88 bits per heavy atom. The molecule has 25 heavy (non-hydrogen) atoms. The fraction of sp³-hybridized carbons (Fsp3) is 0.133. The molecule has 0 aliphatic carbocycles. The van der Waals surface area contributed by atoms with E-state index in [0.717, 1.165) is 6.26 Å². The first-order chi connectivity index (χ1) is 11.6. The molecule has 6 nitrogen and oxygen atoms in total. The van der Waals surface area contributed by atoms with Crippen LogP contribution in [0.15, 0.2) is 42.5 Å². The van der Waals surface area contributed by atoms with Crippen molar-refractivity contribution in [2.45, 2.75) is 6.61 Å². The minimum absolute atomic E-state index is 0.0920. The van der Waals surface area contributed by atoms with Crippen LogP contribution in [-0.2, 0) is 10.0 Å². The van der Waals surface area contributed by atoms with Crippen LogP contribution in [-0.4, -0.2) is 27.2 Å². The van der Waals surface area contributed by atoms with Gasteiger partial charge in [0.15, 0.2) is 0 Å². The molecule has 0 spiro atoms. The van der Waals surface area contributed by atoms with Crippen molar-refractivity contribution in [3.63, 3.8) is 0 Å². The van der Waals surface area contributed by atoms with E-state index in [2.05, 4.69) is 14.8 Å². The number of halogens is 3. The van der Waals surface area contributed by atoms with Crippen molar-refractivity contribution < 1.29 is 26.7 Å². The van der Waals surface area contributed by atoms with Crippen LogP contribution in [0.2, 0.25) is 5.02 Å². The van der Waals surface area contributed by atoms with Crippen LogP contribution >= 0.6 is 11.6 Å². The molecular weight excluding hydrogens is 378 g/mol. The third-order valence-electron chi connectivity index (χ3n) is 2.83. The van der Waals surface area contributed by atoms with Crippen LogP contribution < -0.4 is 14.8 Å². The Morgan fingerprint density at radius 1 is 1.16 bits per heavy atom. The Hall–Kier alpha value is -2.39. The van der Waals surface area contributed by atoms with E-state index in [-0.39, 0.29) is 27.7 Å². The Kier molecular flexibility index (Phi) is 5.81. The number of amides is 1. The molecule has 10 heteroatoms. The summed E-state index contributed by atoms with van der Waals surface area (Å²) in [6.45, 7) is -3.01. The summed E-state index contributed by atoms with van der Waals surface area (Å²) in [5, 5.41) is 2.43. The Bertz CT molecular complexity index is 891. The number of alkyl halides is 2. The van der Waals surface area contributed by atoms with Crippen molar-refractivity contribution in [2.24, 2.45) is 0 Å². The summed E-state index contributed by atoms with van der Waals surface area (Å²) < 4.78 is 53.3. The molecule has 0 unspecified atom stereocenters. The van der Waals surface area contributed by atoms with Gasteiger partial charge in [0.25, 0.3) is 5.91 Å². The fourth-order valence-electron chi connectivity index (χ4n) is 1.91. The van der Waals surface area contributed by atoms with Gasteiger partial charge in [-0.15, -0.1) is 0 Å². The number of ether oxygens (including phenoxy) is 1. The summed E-state index contributed by atoms with van der Waals surface area (Å²) in [7, 11) is -3.47. The van der Waals surface area contributed by atoms with Crippen molar-refractivity contribution in [3.8, 4) is 5.75 Å². The van der Waals surface area contributed by atoms with Crippen molar-refractivity contribution in [1.82, 2.24) is 0 Å². The second-order valence-corrected chi connectivity index (χ2v) is 7.09. The lowest BCUT2D eigenvalue weighted by atomic mass is 10.2. The standard InChI is InChI=1S/C15H13ClF2N2O4S/c1-25(22,23)20-11-4-2-3-9(7-11)14(21)19-10-5-6-13(12(16)8-10)24-15(17)18/h2-8,15,20H,1H3,(H,19,21). The predicted octanol–water partition coefficient (Wildman–Crippen LogP) is 3.57. The van der Waals surface area contributed by atoms with Crippen LogP contribution in [0.25, 0.3) is 0 Å². The summed E-state index contributed by atoms with van der Waals surface area (Å²) in [4.78, 5) is 12.2. The van der Waals surface area contributed by atoms with Crippen molar-refractivity contribution >= 4 is 38.9 Å². The van der Waals surface area contributed by atoms with Gasteiger partial charge in [0.05, 0.1) is 11.3 Å². The zero-order valence-electron chi connectivity index (χ0n) is 12.8. The van der Waals surface area contributed by atoms with Gasteiger partial charge >= 0.3 is 6.61 Å². The molecular formula is C15H13ClF2N2O4S. The zero-order valence-corrected chi connectivity index (χ0v) is 14.4. The third kappa shape index (κ3) is 5.87. The molecule has 0 fully saturated rings. The number of carbonyl (C=O) groups excluding carboxylic acids is 1. The van der Waals surface area contributed by atoms with Gasteiger partial charge in [0.1, 0.15) is 5.75 Å². The van der Waals surface area contributed by atoms with Crippen molar-refractivity contribution in [2.75, 3.05) is 16.3 Å². The van der Waals surface area contributed by atoms with Crippen LogP contribution in [0.1, 0.15) is 10.4 Å². The monoisotopic (exact) mass is 390 g/mol. The van der Waals surface area contributed by atoms with E-state index >= 15 is 0 Å². The molecule has 0 aliphatic rings. The first-order valence-electron chi connectivity index (χ1n) is 6.77. The van der Waals surface area contributed by atoms with E-state index in [1.807, 2.05) is 0 Å². The number of hydrogen-bond donors (Lipinski definition) is 2. The number of sulfonamides is 1. The Morgan fingerprint density at radius 3 is 2.48 bits per heavy atom. The van der Waals surface area contributed by atoms with Crippen LogP contribution in [0.4, 0.5) is 20.2 Å². The normalized spacial score (nSPS) is 11.2. The summed E-state index contributed by atoms with van der Waals surface area (Å²) >= 11 is 5.81. The highest BCUT2D eigenvalue weighted by Gasteiger charge is 2.12. The molecule has 0 aromatic heterocycles. The van der Waals surface area contributed by atoms with Gasteiger partial charge in [-0.25, -0.2) is 8.42 Å². The fourth-order valence-corrected chi connectivity index (χ4v) is 2.69. The number of nitrogens with one attached hydrogen (secondary N) is 2. The highest BCUT2D eigenvalue weighted by atomic mass is 35.5. The van der Waals surface area contributed by atoms with E-state index in [1.165, 1.54) is 42.5 Å². The van der Waals surface area contributed by atoms with Crippen molar-refractivity contribution in [3.05, 3.63) is 53.1 Å². The first kappa shape index (κ1) is 18.9. The summed E-state index contributed by atoms with van der Waals surface area (Å²) in [6.07, 6.45) is 0.991. The molecule has 2 N–H and O–H groups in total. The van der Waals surface area contributed by atoms with E-state index in [1.54, 1.807) is 0 Å². The number of hydrogen-bond acceptors (Lipinski definition) is 4. The van der Waals surface area contributed by atoms with Crippen molar-refractivity contribution in [1.29, 1.82) is 0 Å². The molecule has 2 aromatic rings. The highest BCUT2D eigenvalue weighted by molar-refractivity contribution is 7.92. The SMILES string of the molecule is CS(=O)(=O)Nc1cccc(C(=O)Nc2ccc(OC(F)F)c(Cl)c2)c1. The lowest BCUT2D eigenvalue weighted by molar-refractivity contribution is -0.0497. The molecule has 0 saturated carbocycles. The quantitative estimate of drug-likeness (QED) is 0.789. The van der Waals surface area contributed by atoms with Gasteiger partial charge < -0.3 is 10.1 Å². The van der Waals surface area contributed by atoms with Gasteiger partial charge in [-0.1, -0.05) is 17.7 Å². The zero-order chi connectivity index (χ0) is 18.6. The second kappa shape index (κ2) is 7.66. The number of rotatable bonds is 6. The van der Waals surface area contributed by atoms with Crippen LogP contribution in [0, 0.1) is 0 Å². The van der Waals surface area contributed by atoms with E-state index < -0.39 is 22.5 Å². The summed E-state index contributed by atoms with van der Waals surface area (Å²) in [5.74, 6) is -0.746.